The zero-order valence-corrected chi connectivity index (χ0v) is 10.4. The van der Waals surface area contributed by atoms with Gasteiger partial charge in [0.25, 0.3) is 0 Å². The van der Waals surface area contributed by atoms with Crippen LogP contribution < -0.4 is 0 Å². The van der Waals surface area contributed by atoms with E-state index in [9.17, 15) is 5.11 Å². The molecule has 0 spiro atoms. The standard InChI is InChI=1S/C13H26O/c1-9(2)13(4,5)11-7-6-10(3)8-12(11)14/h9-12,14H,6-8H2,1-5H3. The molecule has 84 valence electrons. The number of aliphatic hydroxyl groups excluding tert-OH is 1. The molecule has 1 heteroatoms. The molecular weight excluding hydrogens is 172 g/mol. The van der Waals surface area contributed by atoms with Crippen LogP contribution in [0, 0.1) is 23.2 Å². The third-order valence-corrected chi connectivity index (χ3v) is 4.52. The Hall–Kier alpha value is -0.0400. The van der Waals surface area contributed by atoms with Gasteiger partial charge >= 0.3 is 0 Å². The fourth-order valence-electron chi connectivity index (χ4n) is 2.65. The third-order valence-electron chi connectivity index (χ3n) is 4.52. The van der Waals surface area contributed by atoms with E-state index in [-0.39, 0.29) is 11.5 Å². The molecule has 1 saturated carbocycles. The van der Waals surface area contributed by atoms with Crippen molar-refractivity contribution in [3.8, 4) is 0 Å². The summed E-state index contributed by atoms with van der Waals surface area (Å²) in [5.74, 6) is 1.86. The van der Waals surface area contributed by atoms with E-state index in [1.807, 2.05) is 0 Å². The van der Waals surface area contributed by atoms with Gasteiger partial charge in [0, 0.05) is 0 Å². The Balaban J connectivity index is 2.68. The van der Waals surface area contributed by atoms with Gasteiger partial charge in [-0.1, -0.05) is 41.0 Å². The highest BCUT2D eigenvalue weighted by Crippen LogP contribution is 2.44. The summed E-state index contributed by atoms with van der Waals surface area (Å²) in [7, 11) is 0. The highest BCUT2D eigenvalue weighted by Gasteiger charge is 2.39. The molecule has 0 radical (unpaired) electrons. The van der Waals surface area contributed by atoms with Crippen LogP contribution in [-0.2, 0) is 0 Å². The largest absolute Gasteiger partial charge is 0.393 e. The normalized spacial score (nSPS) is 34.9. The average molecular weight is 198 g/mol. The SMILES string of the molecule is CC1CCC(C(C)(C)C(C)C)C(O)C1. The van der Waals surface area contributed by atoms with Crippen molar-refractivity contribution in [3.63, 3.8) is 0 Å². The fourth-order valence-corrected chi connectivity index (χ4v) is 2.65. The van der Waals surface area contributed by atoms with Gasteiger partial charge in [-0.25, -0.2) is 0 Å². The van der Waals surface area contributed by atoms with Gasteiger partial charge in [-0.2, -0.15) is 0 Å². The van der Waals surface area contributed by atoms with E-state index in [1.54, 1.807) is 0 Å². The van der Waals surface area contributed by atoms with Crippen molar-refractivity contribution in [1.29, 1.82) is 0 Å². The molecule has 1 fully saturated rings. The van der Waals surface area contributed by atoms with Gasteiger partial charge in [0.05, 0.1) is 6.10 Å². The van der Waals surface area contributed by atoms with Crippen molar-refractivity contribution in [2.45, 2.75) is 60.0 Å². The smallest absolute Gasteiger partial charge is 0.0576 e. The highest BCUT2D eigenvalue weighted by atomic mass is 16.3. The summed E-state index contributed by atoms with van der Waals surface area (Å²) in [5, 5.41) is 10.1. The summed E-state index contributed by atoms with van der Waals surface area (Å²) < 4.78 is 0. The molecule has 1 aliphatic carbocycles. The average Bonchev–Trinajstić information content (AvgIpc) is 2.02. The van der Waals surface area contributed by atoms with Crippen LogP contribution in [0.4, 0.5) is 0 Å². The third kappa shape index (κ3) is 2.31. The minimum absolute atomic E-state index is 0.0730. The van der Waals surface area contributed by atoms with Crippen LogP contribution in [0.25, 0.3) is 0 Å². The number of hydrogen-bond acceptors (Lipinski definition) is 1. The minimum atomic E-state index is -0.0730. The van der Waals surface area contributed by atoms with Gasteiger partial charge in [0.1, 0.15) is 0 Å². The van der Waals surface area contributed by atoms with Crippen LogP contribution in [0.15, 0.2) is 0 Å². The molecule has 0 amide bonds. The summed E-state index contributed by atoms with van der Waals surface area (Å²) in [4.78, 5) is 0. The van der Waals surface area contributed by atoms with Crippen LogP contribution in [0.5, 0.6) is 0 Å². The Labute approximate surface area is 88.9 Å². The van der Waals surface area contributed by atoms with Crippen molar-refractivity contribution in [2.75, 3.05) is 0 Å². The summed E-state index contributed by atoms with van der Waals surface area (Å²) in [5.41, 5.74) is 0.277. The molecule has 1 rings (SSSR count). The Kier molecular flexibility index (Phi) is 3.63. The van der Waals surface area contributed by atoms with Gasteiger partial charge in [0.15, 0.2) is 0 Å². The minimum Gasteiger partial charge on any atom is -0.393 e. The maximum atomic E-state index is 10.1. The van der Waals surface area contributed by atoms with Crippen molar-refractivity contribution < 1.29 is 5.11 Å². The predicted octanol–water partition coefficient (Wildman–Crippen LogP) is 3.47. The number of rotatable bonds is 2. The van der Waals surface area contributed by atoms with E-state index in [2.05, 4.69) is 34.6 Å². The van der Waals surface area contributed by atoms with Crippen molar-refractivity contribution in [1.82, 2.24) is 0 Å². The molecule has 3 atom stereocenters. The molecule has 1 nitrogen and oxygen atoms in total. The lowest BCUT2D eigenvalue weighted by Gasteiger charge is -2.44. The molecular formula is C13H26O. The van der Waals surface area contributed by atoms with Gasteiger partial charge in [0.2, 0.25) is 0 Å². The Morgan fingerprint density at radius 1 is 1.21 bits per heavy atom. The summed E-state index contributed by atoms with van der Waals surface area (Å²) in [6.07, 6.45) is 3.42. The van der Waals surface area contributed by atoms with E-state index in [0.29, 0.717) is 17.8 Å². The first-order valence-electron chi connectivity index (χ1n) is 6.03. The Bertz CT molecular complexity index is 184. The predicted molar refractivity (Wildman–Crippen MR) is 61.1 cm³/mol. The molecule has 1 N–H and O–H groups in total. The molecule has 0 aliphatic heterocycles. The van der Waals surface area contributed by atoms with E-state index in [1.165, 1.54) is 12.8 Å². The summed E-state index contributed by atoms with van der Waals surface area (Å²) in [6, 6.07) is 0. The summed E-state index contributed by atoms with van der Waals surface area (Å²) in [6.45, 7) is 11.4. The maximum absolute atomic E-state index is 10.1. The first kappa shape index (κ1) is 12.0. The van der Waals surface area contributed by atoms with E-state index in [0.717, 1.165) is 6.42 Å². The van der Waals surface area contributed by atoms with Crippen LogP contribution in [-0.4, -0.2) is 11.2 Å². The number of hydrogen-bond donors (Lipinski definition) is 1. The van der Waals surface area contributed by atoms with Crippen LogP contribution in [0.2, 0.25) is 0 Å². The van der Waals surface area contributed by atoms with Gasteiger partial charge < -0.3 is 5.11 Å². The van der Waals surface area contributed by atoms with E-state index >= 15 is 0 Å². The lowest BCUT2D eigenvalue weighted by Crippen LogP contribution is -2.41. The summed E-state index contributed by atoms with van der Waals surface area (Å²) >= 11 is 0. The molecule has 0 bridgehead atoms. The molecule has 0 aromatic carbocycles. The van der Waals surface area contributed by atoms with Gasteiger partial charge in [-0.05, 0) is 36.0 Å². The zero-order valence-electron chi connectivity index (χ0n) is 10.4. The lowest BCUT2D eigenvalue weighted by atomic mass is 9.63. The first-order valence-corrected chi connectivity index (χ1v) is 6.03. The molecule has 3 unspecified atom stereocenters. The fraction of sp³-hybridized carbons (Fsp3) is 1.00. The second-order valence-electron chi connectivity index (χ2n) is 6.07. The first-order chi connectivity index (χ1) is 6.35. The molecule has 0 heterocycles. The maximum Gasteiger partial charge on any atom is 0.0576 e. The Morgan fingerprint density at radius 3 is 2.21 bits per heavy atom. The molecule has 0 saturated heterocycles. The highest BCUT2D eigenvalue weighted by molar-refractivity contribution is 4.89. The number of aliphatic hydroxyl groups is 1. The van der Waals surface area contributed by atoms with E-state index in [4.69, 9.17) is 0 Å². The van der Waals surface area contributed by atoms with E-state index < -0.39 is 0 Å². The van der Waals surface area contributed by atoms with Crippen molar-refractivity contribution in [2.24, 2.45) is 23.2 Å². The molecule has 14 heavy (non-hydrogen) atoms. The molecule has 0 aromatic rings. The van der Waals surface area contributed by atoms with Crippen LogP contribution >= 0.6 is 0 Å². The monoisotopic (exact) mass is 198 g/mol. The zero-order chi connectivity index (χ0) is 10.9. The molecule has 0 aromatic heterocycles. The van der Waals surface area contributed by atoms with Crippen molar-refractivity contribution >= 4 is 0 Å². The second kappa shape index (κ2) is 4.22. The van der Waals surface area contributed by atoms with Gasteiger partial charge in [-0.15, -0.1) is 0 Å². The molecule has 1 aliphatic rings. The van der Waals surface area contributed by atoms with Crippen LogP contribution in [0.1, 0.15) is 53.9 Å². The quantitative estimate of drug-likeness (QED) is 0.720. The van der Waals surface area contributed by atoms with Crippen molar-refractivity contribution in [3.05, 3.63) is 0 Å². The lowest BCUT2D eigenvalue weighted by molar-refractivity contribution is -0.0316. The van der Waals surface area contributed by atoms with Crippen LogP contribution in [0.3, 0.4) is 0 Å². The Morgan fingerprint density at radius 2 is 1.79 bits per heavy atom. The topological polar surface area (TPSA) is 20.2 Å². The van der Waals surface area contributed by atoms with Gasteiger partial charge in [-0.3, -0.25) is 0 Å². The second-order valence-corrected chi connectivity index (χ2v) is 6.07.